The summed E-state index contributed by atoms with van der Waals surface area (Å²) in [7, 11) is 0. The van der Waals surface area contributed by atoms with E-state index in [1.165, 1.54) is 23.5 Å². The first-order valence-electron chi connectivity index (χ1n) is 11.9. The van der Waals surface area contributed by atoms with Crippen molar-refractivity contribution in [2.45, 2.75) is 19.5 Å². The average Bonchev–Trinajstić information content (AvgIpc) is 2.88. The number of nitrogens with zero attached hydrogens (tertiary/aromatic N) is 3. The van der Waals surface area contributed by atoms with Gasteiger partial charge in [0.05, 0.1) is 13.2 Å². The fourth-order valence-electron chi connectivity index (χ4n) is 4.39. The van der Waals surface area contributed by atoms with E-state index in [2.05, 4.69) is 45.2 Å². The molecule has 0 spiro atoms. The zero-order chi connectivity index (χ0) is 23.9. The fourth-order valence-corrected chi connectivity index (χ4v) is 4.39. The lowest BCUT2D eigenvalue weighted by molar-refractivity contribution is 0.0755. The summed E-state index contributed by atoms with van der Waals surface area (Å²) in [6.07, 6.45) is 5.90. The molecule has 0 radical (unpaired) electrons. The molecule has 1 aliphatic rings. The molecule has 0 saturated carbocycles. The Labute approximate surface area is 205 Å². The van der Waals surface area contributed by atoms with Gasteiger partial charge in [-0.2, -0.15) is 0 Å². The second kappa shape index (κ2) is 11.2. The summed E-state index contributed by atoms with van der Waals surface area (Å²) in [4.78, 5) is 10.5. The Balaban J connectivity index is 1.43. The molecule has 6 heteroatoms. The van der Waals surface area contributed by atoms with Gasteiger partial charge >= 0.3 is 0 Å². The van der Waals surface area contributed by atoms with Crippen molar-refractivity contribution < 1.29 is 13.9 Å². The minimum absolute atomic E-state index is 0.175. The predicted molar refractivity (Wildman–Crippen MR) is 134 cm³/mol. The Morgan fingerprint density at radius 1 is 0.829 bits per heavy atom. The van der Waals surface area contributed by atoms with E-state index in [1.807, 2.05) is 36.7 Å². The monoisotopic (exact) mass is 469 g/mol. The van der Waals surface area contributed by atoms with Gasteiger partial charge in [0.2, 0.25) is 0 Å². The molecule has 3 aromatic carbocycles. The van der Waals surface area contributed by atoms with Crippen molar-refractivity contribution in [1.82, 2.24) is 14.9 Å². The third-order valence-electron chi connectivity index (χ3n) is 6.14. The van der Waals surface area contributed by atoms with E-state index in [0.29, 0.717) is 38.5 Å². The van der Waals surface area contributed by atoms with Gasteiger partial charge in [0.25, 0.3) is 0 Å². The first kappa shape index (κ1) is 23.1. The lowest BCUT2D eigenvalue weighted by atomic mass is 9.98. The number of hydrogen-bond acceptors (Lipinski definition) is 5. The molecule has 0 N–H and O–H groups in total. The Hall–Kier alpha value is -3.61. The third-order valence-corrected chi connectivity index (χ3v) is 6.14. The lowest BCUT2D eigenvalue weighted by Crippen LogP contribution is -2.28. The van der Waals surface area contributed by atoms with Crippen LogP contribution in [0.15, 0.2) is 85.5 Å². The van der Waals surface area contributed by atoms with Crippen LogP contribution in [0.1, 0.15) is 22.3 Å². The zero-order valence-electron chi connectivity index (χ0n) is 19.6. The number of fused-ring (bicyclic) bond motifs is 3. The molecule has 0 fully saturated rings. The van der Waals surface area contributed by atoms with E-state index in [9.17, 15) is 4.39 Å². The molecule has 5 rings (SSSR count). The van der Waals surface area contributed by atoms with Gasteiger partial charge in [0.1, 0.15) is 24.5 Å². The van der Waals surface area contributed by atoms with Crippen molar-refractivity contribution >= 4 is 0 Å². The smallest absolute Gasteiger partial charge is 0.127 e. The average molecular weight is 470 g/mol. The van der Waals surface area contributed by atoms with Crippen molar-refractivity contribution in [3.8, 4) is 16.9 Å². The molecular weight excluding hydrogens is 441 g/mol. The normalized spacial score (nSPS) is 15.0. The van der Waals surface area contributed by atoms with Gasteiger partial charge in [-0.1, -0.05) is 48.5 Å². The van der Waals surface area contributed by atoms with Crippen LogP contribution < -0.4 is 4.74 Å². The van der Waals surface area contributed by atoms with E-state index < -0.39 is 0 Å². The number of rotatable bonds is 3. The maximum absolute atomic E-state index is 14.3. The van der Waals surface area contributed by atoms with E-state index in [0.717, 1.165) is 35.4 Å². The highest BCUT2D eigenvalue weighted by Gasteiger charge is 2.13. The Morgan fingerprint density at radius 2 is 1.69 bits per heavy atom. The van der Waals surface area contributed by atoms with Crippen LogP contribution in [0.4, 0.5) is 4.39 Å². The van der Waals surface area contributed by atoms with Crippen molar-refractivity contribution in [3.63, 3.8) is 0 Å². The maximum Gasteiger partial charge on any atom is 0.127 e. The summed E-state index contributed by atoms with van der Waals surface area (Å²) >= 11 is 0. The molecule has 0 unspecified atom stereocenters. The minimum atomic E-state index is -0.175. The standard InChI is InChI=1S/C29H28FN3O2/c30-28-7-2-1-6-25(28)20-33-10-11-34-12-13-35-29-9-8-24(27-17-31-21-32-18-27)16-26(29)15-22-4-3-5-23(14-22)19-33/h1-9,14,16-18,21H,10-13,15,19-20H2. The molecule has 0 amide bonds. The fraction of sp³-hybridized carbons (Fsp3) is 0.241. The van der Waals surface area contributed by atoms with Crippen molar-refractivity contribution in [1.29, 1.82) is 0 Å². The molecule has 5 nitrogen and oxygen atoms in total. The second-order valence-corrected chi connectivity index (χ2v) is 8.71. The van der Waals surface area contributed by atoms with Gasteiger partial charge in [0.15, 0.2) is 0 Å². The van der Waals surface area contributed by atoms with E-state index in [-0.39, 0.29) is 5.82 Å². The van der Waals surface area contributed by atoms with Gasteiger partial charge in [-0.05, 0) is 40.5 Å². The molecule has 35 heavy (non-hydrogen) atoms. The summed E-state index contributed by atoms with van der Waals surface area (Å²) in [6, 6.07) is 21.8. The summed E-state index contributed by atoms with van der Waals surface area (Å²) in [5, 5.41) is 0. The van der Waals surface area contributed by atoms with Crippen LogP contribution in [0.25, 0.3) is 11.1 Å². The Kier molecular flexibility index (Phi) is 7.41. The topological polar surface area (TPSA) is 47.5 Å². The van der Waals surface area contributed by atoms with Gasteiger partial charge in [0, 0.05) is 49.6 Å². The van der Waals surface area contributed by atoms with Crippen LogP contribution in [0.3, 0.4) is 0 Å². The molecule has 4 aromatic rings. The first-order chi connectivity index (χ1) is 17.2. The van der Waals surface area contributed by atoms with Crippen LogP contribution in [0.2, 0.25) is 0 Å². The van der Waals surface area contributed by atoms with Gasteiger partial charge in [-0.3, -0.25) is 4.90 Å². The van der Waals surface area contributed by atoms with Crippen molar-refractivity contribution in [2.75, 3.05) is 26.4 Å². The predicted octanol–water partition coefficient (Wildman–Crippen LogP) is 5.28. The van der Waals surface area contributed by atoms with Crippen molar-refractivity contribution in [2.24, 2.45) is 0 Å². The zero-order valence-corrected chi connectivity index (χ0v) is 19.6. The number of halogens is 1. The Morgan fingerprint density at radius 3 is 2.57 bits per heavy atom. The van der Waals surface area contributed by atoms with E-state index >= 15 is 0 Å². The molecule has 2 bridgehead atoms. The summed E-state index contributed by atoms with van der Waals surface area (Å²) in [6.45, 7) is 3.47. The van der Waals surface area contributed by atoms with Crippen LogP contribution in [0.5, 0.6) is 5.75 Å². The minimum Gasteiger partial charge on any atom is -0.491 e. The molecule has 2 heterocycles. The number of benzene rings is 3. The van der Waals surface area contributed by atoms with Crippen molar-refractivity contribution in [3.05, 3.63) is 114 Å². The molecule has 1 aliphatic heterocycles. The Bertz CT molecular complexity index is 1270. The van der Waals surface area contributed by atoms with Gasteiger partial charge in [-0.25, -0.2) is 14.4 Å². The molecular formula is C29H28FN3O2. The quantitative estimate of drug-likeness (QED) is 0.408. The maximum atomic E-state index is 14.3. The molecule has 0 aliphatic carbocycles. The van der Waals surface area contributed by atoms with Crippen LogP contribution in [-0.4, -0.2) is 41.2 Å². The summed E-state index contributed by atoms with van der Waals surface area (Å²) in [5.74, 6) is 0.684. The summed E-state index contributed by atoms with van der Waals surface area (Å²) < 4.78 is 26.3. The molecule has 1 aromatic heterocycles. The van der Waals surface area contributed by atoms with Crippen LogP contribution in [0, 0.1) is 5.82 Å². The summed E-state index contributed by atoms with van der Waals surface area (Å²) in [5.41, 5.74) is 6.20. The van der Waals surface area contributed by atoms with Gasteiger partial charge in [-0.15, -0.1) is 0 Å². The lowest BCUT2D eigenvalue weighted by Gasteiger charge is -2.24. The molecule has 0 saturated heterocycles. The third kappa shape index (κ3) is 6.10. The SMILES string of the molecule is Fc1ccccc1CN1CCOCCOc2ccc(-c3cncnc3)cc2Cc2cccc(c2)C1. The van der Waals surface area contributed by atoms with Crippen LogP contribution >= 0.6 is 0 Å². The highest BCUT2D eigenvalue weighted by atomic mass is 19.1. The number of aromatic nitrogens is 2. The number of ether oxygens (including phenoxy) is 2. The first-order valence-corrected chi connectivity index (χ1v) is 11.9. The molecule has 0 atom stereocenters. The highest BCUT2D eigenvalue weighted by Crippen LogP contribution is 2.29. The largest absolute Gasteiger partial charge is 0.491 e. The van der Waals surface area contributed by atoms with E-state index in [1.54, 1.807) is 6.07 Å². The van der Waals surface area contributed by atoms with E-state index in [4.69, 9.17) is 9.47 Å². The highest BCUT2D eigenvalue weighted by molar-refractivity contribution is 5.64. The molecule has 178 valence electrons. The van der Waals surface area contributed by atoms with Gasteiger partial charge < -0.3 is 9.47 Å². The number of hydrogen-bond donors (Lipinski definition) is 0. The van der Waals surface area contributed by atoms with Crippen LogP contribution in [-0.2, 0) is 24.2 Å². The second-order valence-electron chi connectivity index (χ2n) is 8.71.